The van der Waals surface area contributed by atoms with Gasteiger partial charge in [0.25, 0.3) is 0 Å². The summed E-state index contributed by atoms with van der Waals surface area (Å²) < 4.78 is 44.3. The molecule has 2 aliphatic heterocycles. The minimum atomic E-state index is -1.26. The summed E-state index contributed by atoms with van der Waals surface area (Å²) in [5.41, 5.74) is 0.377. The van der Waals surface area contributed by atoms with Gasteiger partial charge in [0.1, 0.15) is 11.5 Å². The number of carboxylic acid groups (broad SMARTS) is 2. The van der Waals surface area contributed by atoms with E-state index in [9.17, 15) is 39.0 Å². The highest BCUT2D eigenvalue weighted by molar-refractivity contribution is 5.94. The van der Waals surface area contributed by atoms with Crippen molar-refractivity contribution in [2.75, 3.05) is 27.4 Å². The molecule has 2 fully saturated rings. The minimum Gasteiger partial charge on any atom is -0.493 e. The van der Waals surface area contributed by atoms with Gasteiger partial charge in [0.2, 0.25) is 0 Å². The van der Waals surface area contributed by atoms with Crippen LogP contribution in [0.3, 0.4) is 0 Å². The van der Waals surface area contributed by atoms with Crippen LogP contribution < -0.4 is 28.4 Å². The standard InChI is InChI=1S/C42H34O16/c1-5-35(43)57-31-13-7-21(15-33(31)51-3)41(49)55-23-9-11-25(39(45)46)27(17-23)29-19-53-38-30(20-54-37(29)38)28-18-24(10-12-26(28)40(47)48)56-42(50)22-8-14-32(34(16-22)52-4)58-36(44)6-2/h5-18,29-30,37-38H,1-2,19-20H2,3-4H3,(H,45,46)(H,47,48)/t29-,30+,37-,38-/m0/s1. The highest BCUT2D eigenvalue weighted by Crippen LogP contribution is 2.46. The van der Waals surface area contributed by atoms with Gasteiger partial charge < -0.3 is 48.1 Å². The van der Waals surface area contributed by atoms with Crippen molar-refractivity contribution in [2.45, 2.75) is 24.0 Å². The van der Waals surface area contributed by atoms with Crippen LogP contribution in [0.25, 0.3) is 0 Å². The van der Waals surface area contributed by atoms with E-state index in [0.717, 1.165) is 12.2 Å². The van der Waals surface area contributed by atoms with Gasteiger partial charge in [-0.25, -0.2) is 28.8 Å². The van der Waals surface area contributed by atoms with Gasteiger partial charge in [-0.3, -0.25) is 0 Å². The summed E-state index contributed by atoms with van der Waals surface area (Å²) in [6.45, 7) is 6.64. The molecule has 6 rings (SSSR count). The zero-order chi connectivity index (χ0) is 41.7. The molecule has 0 amide bonds. The molecule has 4 aromatic rings. The van der Waals surface area contributed by atoms with Crippen molar-refractivity contribution in [2.24, 2.45) is 0 Å². The third-order valence-electron chi connectivity index (χ3n) is 9.33. The second-order valence-electron chi connectivity index (χ2n) is 12.7. The quantitative estimate of drug-likeness (QED) is 0.0930. The van der Waals surface area contributed by atoms with Gasteiger partial charge in [0.15, 0.2) is 23.0 Å². The first-order valence-corrected chi connectivity index (χ1v) is 17.3. The van der Waals surface area contributed by atoms with Gasteiger partial charge in [0, 0.05) is 24.0 Å². The Hall–Kier alpha value is -7.30. The van der Waals surface area contributed by atoms with Crippen molar-refractivity contribution in [1.82, 2.24) is 0 Å². The number of fused-ring (bicyclic) bond motifs is 1. The number of carbonyl (C=O) groups excluding carboxylic acids is 4. The molecule has 58 heavy (non-hydrogen) atoms. The monoisotopic (exact) mass is 794 g/mol. The second-order valence-corrected chi connectivity index (χ2v) is 12.7. The van der Waals surface area contributed by atoms with E-state index in [0.29, 0.717) is 0 Å². The fourth-order valence-corrected chi connectivity index (χ4v) is 6.63. The average molecular weight is 795 g/mol. The van der Waals surface area contributed by atoms with Gasteiger partial charge in [-0.15, -0.1) is 0 Å². The van der Waals surface area contributed by atoms with Crippen molar-refractivity contribution >= 4 is 35.8 Å². The Bertz CT molecular complexity index is 2180. The maximum absolute atomic E-state index is 13.2. The van der Waals surface area contributed by atoms with E-state index in [2.05, 4.69) is 13.2 Å². The fraction of sp³-hybridized carbons (Fsp3) is 0.190. The topological polar surface area (TPSA) is 217 Å². The lowest BCUT2D eigenvalue weighted by atomic mass is 9.84. The zero-order valence-electron chi connectivity index (χ0n) is 30.8. The molecule has 4 atom stereocenters. The highest BCUT2D eigenvalue weighted by Gasteiger charge is 2.50. The van der Waals surface area contributed by atoms with Crippen LogP contribution in [0, 0.1) is 0 Å². The Morgan fingerprint density at radius 2 is 0.966 bits per heavy atom. The van der Waals surface area contributed by atoms with E-state index in [1.165, 1.54) is 87.0 Å². The number of hydrogen-bond donors (Lipinski definition) is 2. The third kappa shape index (κ3) is 8.42. The van der Waals surface area contributed by atoms with E-state index in [1.54, 1.807) is 0 Å². The molecule has 0 unspecified atom stereocenters. The smallest absolute Gasteiger partial charge is 0.343 e. The lowest BCUT2D eigenvalue weighted by molar-refractivity contribution is -0.130. The number of aromatic carboxylic acids is 2. The number of hydrogen-bond acceptors (Lipinski definition) is 14. The van der Waals surface area contributed by atoms with E-state index >= 15 is 0 Å². The second kappa shape index (κ2) is 17.2. The van der Waals surface area contributed by atoms with Crippen molar-refractivity contribution in [3.05, 3.63) is 131 Å². The maximum atomic E-state index is 13.2. The van der Waals surface area contributed by atoms with Crippen LogP contribution in [0.5, 0.6) is 34.5 Å². The molecule has 16 heteroatoms. The summed E-state index contributed by atoms with van der Waals surface area (Å²) in [6.07, 6.45) is 0.431. The molecule has 0 saturated carbocycles. The number of esters is 4. The summed E-state index contributed by atoms with van der Waals surface area (Å²) in [7, 11) is 2.64. The van der Waals surface area contributed by atoms with Crippen molar-refractivity contribution in [1.29, 1.82) is 0 Å². The molecule has 0 radical (unpaired) electrons. The predicted octanol–water partition coefficient (Wildman–Crippen LogP) is 5.39. The van der Waals surface area contributed by atoms with Gasteiger partial charge in [0.05, 0.1) is 61.9 Å². The molecule has 0 spiro atoms. The maximum Gasteiger partial charge on any atom is 0.343 e. The molecule has 2 N–H and O–H groups in total. The molecular weight excluding hydrogens is 760 g/mol. The van der Waals surface area contributed by atoms with Gasteiger partial charge >= 0.3 is 35.8 Å². The molecule has 2 saturated heterocycles. The van der Waals surface area contributed by atoms with Crippen LogP contribution in [-0.2, 0) is 19.1 Å². The Kier molecular flexibility index (Phi) is 12.0. The molecule has 4 aromatic carbocycles. The Balaban J connectivity index is 1.22. The molecule has 2 heterocycles. The minimum absolute atomic E-state index is 0.0110. The molecule has 0 aromatic heterocycles. The average Bonchev–Trinajstić information content (AvgIpc) is 3.83. The van der Waals surface area contributed by atoms with Crippen molar-refractivity contribution in [3.63, 3.8) is 0 Å². The Morgan fingerprint density at radius 1 is 0.569 bits per heavy atom. The van der Waals surface area contributed by atoms with Crippen LogP contribution in [-0.4, -0.2) is 85.7 Å². The van der Waals surface area contributed by atoms with E-state index in [1.807, 2.05) is 0 Å². The Morgan fingerprint density at radius 3 is 1.31 bits per heavy atom. The normalized spacial score (nSPS) is 17.9. The van der Waals surface area contributed by atoms with Crippen LogP contribution in [0.4, 0.5) is 0 Å². The first kappa shape index (κ1) is 40.4. The van der Waals surface area contributed by atoms with E-state index in [-0.39, 0.29) is 81.1 Å². The SMILES string of the molecule is C=CC(=O)Oc1ccc(C(=O)Oc2ccc(C(=O)O)c([C@H]3CO[C@@H]4[C@H]3OC[C@H]4c3cc(OC(=O)c4ccc(OC(=O)C=C)c(OC)c4)ccc3C(=O)O)c2)cc1OC. The van der Waals surface area contributed by atoms with E-state index < -0.39 is 59.9 Å². The number of rotatable bonds is 14. The number of carboxylic acids is 2. The van der Waals surface area contributed by atoms with Gasteiger partial charge in [-0.1, -0.05) is 13.2 Å². The lowest BCUT2D eigenvalue weighted by Gasteiger charge is -2.20. The summed E-state index contributed by atoms with van der Waals surface area (Å²) in [5.74, 6) is -6.73. The van der Waals surface area contributed by atoms with Gasteiger partial charge in [-0.05, 0) is 83.9 Å². The van der Waals surface area contributed by atoms with Crippen molar-refractivity contribution in [3.8, 4) is 34.5 Å². The number of carbonyl (C=O) groups is 6. The first-order chi connectivity index (χ1) is 27.8. The largest absolute Gasteiger partial charge is 0.493 e. The van der Waals surface area contributed by atoms with Crippen LogP contribution >= 0.6 is 0 Å². The molecular formula is C42H34O16. The number of ether oxygens (including phenoxy) is 8. The first-order valence-electron chi connectivity index (χ1n) is 17.3. The Labute approximate surface area is 329 Å². The molecule has 0 aliphatic carbocycles. The third-order valence-corrected chi connectivity index (χ3v) is 9.33. The van der Waals surface area contributed by atoms with Crippen LogP contribution in [0.15, 0.2) is 98.1 Å². The van der Waals surface area contributed by atoms with Crippen LogP contribution in [0.1, 0.15) is 64.4 Å². The van der Waals surface area contributed by atoms with Crippen molar-refractivity contribution < 1.29 is 76.9 Å². The highest BCUT2D eigenvalue weighted by atomic mass is 16.6. The summed E-state index contributed by atoms with van der Waals surface area (Å²) in [6, 6.07) is 16.0. The lowest BCUT2D eigenvalue weighted by Crippen LogP contribution is -2.26. The zero-order valence-corrected chi connectivity index (χ0v) is 30.8. The molecule has 16 nitrogen and oxygen atoms in total. The summed E-state index contributed by atoms with van der Waals surface area (Å²) >= 11 is 0. The molecule has 2 aliphatic rings. The molecule has 298 valence electrons. The van der Waals surface area contributed by atoms with E-state index in [4.69, 9.17) is 37.9 Å². The number of methoxy groups -OCH3 is 2. The van der Waals surface area contributed by atoms with Gasteiger partial charge in [-0.2, -0.15) is 0 Å². The molecule has 0 bridgehead atoms. The number of benzene rings is 4. The summed E-state index contributed by atoms with van der Waals surface area (Å²) in [5, 5.41) is 20.2. The predicted molar refractivity (Wildman–Crippen MR) is 199 cm³/mol. The summed E-state index contributed by atoms with van der Waals surface area (Å²) in [4.78, 5) is 74.5. The van der Waals surface area contributed by atoms with Crippen LogP contribution in [0.2, 0.25) is 0 Å². The fourth-order valence-electron chi connectivity index (χ4n) is 6.63.